The van der Waals surface area contributed by atoms with E-state index in [0.29, 0.717) is 0 Å². The smallest absolute Gasteiger partial charge is 0.231 e. The van der Waals surface area contributed by atoms with Crippen LogP contribution < -0.4 is 9.47 Å². The zero-order chi connectivity index (χ0) is 14.9. The third-order valence-electron chi connectivity index (χ3n) is 5.78. The van der Waals surface area contributed by atoms with Crippen molar-refractivity contribution in [1.29, 1.82) is 0 Å². The number of hydrogen-bond acceptors (Lipinski definition) is 5. The molecule has 1 aliphatic carbocycles. The second-order valence-electron chi connectivity index (χ2n) is 6.58. The third-order valence-corrected chi connectivity index (χ3v) is 5.78. The second kappa shape index (κ2) is 4.25. The van der Waals surface area contributed by atoms with Crippen LogP contribution in [0.25, 0.3) is 0 Å². The van der Waals surface area contributed by atoms with Gasteiger partial charge in [0.05, 0.1) is 6.10 Å². The molecule has 3 heterocycles. The number of fused-ring (bicyclic) bond motifs is 2. The molecule has 0 radical (unpaired) electrons. The average Bonchev–Trinajstić information content (AvgIpc) is 3.13. The summed E-state index contributed by atoms with van der Waals surface area (Å²) in [6, 6.07) is 4.31. The van der Waals surface area contributed by atoms with Gasteiger partial charge in [0.2, 0.25) is 6.79 Å². The van der Waals surface area contributed by atoms with Gasteiger partial charge in [-0.3, -0.25) is 4.90 Å². The quantitative estimate of drug-likeness (QED) is 0.800. The highest BCUT2D eigenvalue weighted by Gasteiger charge is 2.56. The van der Waals surface area contributed by atoms with E-state index in [1.54, 1.807) is 7.11 Å². The van der Waals surface area contributed by atoms with Crippen molar-refractivity contribution < 1.29 is 19.3 Å². The van der Waals surface area contributed by atoms with E-state index >= 15 is 0 Å². The summed E-state index contributed by atoms with van der Waals surface area (Å²) in [6.45, 7) is 1.16. The van der Waals surface area contributed by atoms with Gasteiger partial charge in [0, 0.05) is 30.7 Å². The molecule has 1 fully saturated rings. The van der Waals surface area contributed by atoms with E-state index in [0.717, 1.165) is 36.4 Å². The first-order chi connectivity index (χ1) is 10.7. The summed E-state index contributed by atoms with van der Waals surface area (Å²) in [5, 5.41) is 10.8. The lowest BCUT2D eigenvalue weighted by atomic mass is 9.66. The van der Waals surface area contributed by atoms with Gasteiger partial charge in [-0.15, -0.1) is 0 Å². The normalized spacial score (nSPS) is 40.5. The highest BCUT2D eigenvalue weighted by molar-refractivity contribution is 5.56. The number of hydrogen-bond donors (Lipinski definition) is 1. The Balaban J connectivity index is 1.72. The fraction of sp³-hybridized carbons (Fsp3) is 0.529. The van der Waals surface area contributed by atoms with Crippen molar-refractivity contribution in [2.75, 3.05) is 20.4 Å². The Morgan fingerprint density at radius 3 is 2.95 bits per heavy atom. The van der Waals surface area contributed by atoms with Crippen LogP contribution in [-0.2, 0) is 10.2 Å². The Bertz CT molecular complexity index is 673. The first-order valence-corrected chi connectivity index (χ1v) is 7.83. The van der Waals surface area contributed by atoms with Crippen LogP contribution in [0.5, 0.6) is 11.5 Å². The average molecular weight is 301 g/mol. The van der Waals surface area contributed by atoms with E-state index in [9.17, 15) is 5.11 Å². The molecular weight excluding hydrogens is 282 g/mol. The maximum Gasteiger partial charge on any atom is 0.231 e. The number of rotatable bonds is 1. The van der Waals surface area contributed by atoms with Crippen LogP contribution in [0.2, 0.25) is 0 Å². The van der Waals surface area contributed by atoms with Crippen LogP contribution in [0.4, 0.5) is 0 Å². The number of ether oxygens (including phenoxy) is 3. The summed E-state index contributed by atoms with van der Waals surface area (Å²) in [4.78, 5) is 2.21. The zero-order valence-electron chi connectivity index (χ0n) is 12.5. The molecule has 0 aromatic heterocycles. The van der Waals surface area contributed by atoms with Crippen LogP contribution in [0.1, 0.15) is 30.2 Å². The van der Waals surface area contributed by atoms with Gasteiger partial charge in [-0.05, 0) is 30.5 Å². The molecule has 2 bridgehead atoms. The van der Waals surface area contributed by atoms with Crippen LogP contribution in [0, 0.1) is 0 Å². The summed E-state index contributed by atoms with van der Waals surface area (Å²) in [5.41, 5.74) is 2.11. The van der Waals surface area contributed by atoms with Gasteiger partial charge in [0.15, 0.2) is 11.5 Å². The zero-order valence-corrected chi connectivity index (χ0v) is 12.5. The molecule has 0 spiro atoms. The molecule has 5 nitrogen and oxygen atoms in total. The van der Waals surface area contributed by atoms with E-state index in [1.807, 2.05) is 6.07 Å². The molecule has 5 atom stereocenters. The maximum atomic E-state index is 10.8. The number of aliphatic hydroxyl groups is 1. The fourth-order valence-electron chi connectivity index (χ4n) is 4.67. The minimum atomic E-state index is -0.575. The standard InChI is InChI=1S/C17H19NO4/c1-20-10-2-3-17-4-5-18(15(17)6-10)16(19)11-7-13-14(8-12(11)17)22-9-21-13/h2-3,7-8,10,15-16,19H,4-6,9H2,1H3/t10-,15+,16+,17+/m1/s1. The number of aliphatic hydroxyl groups excluding tert-OH is 1. The lowest BCUT2D eigenvalue weighted by molar-refractivity contribution is -0.0399. The van der Waals surface area contributed by atoms with E-state index < -0.39 is 6.23 Å². The molecule has 0 amide bonds. The topological polar surface area (TPSA) is 51.2 Å². The summed E-state index contributed by atoms with van der Waals surface area (Å²) in [5.74, 6) is 1.53. The molecule has 0 saturated carbocycles. The summed E-state index contributed by atoms with van der Waals surface area (Å²) >= 11 is 0. The molecule has 5 heteroatoms. The van der Waals surface area contributed by atoms with Crippen molar-refractivity contribution in [3.05, 3.63) is 35.4 Å². The minimum absolute atomic E-state index is 0.0371. The largest absolute Gasteiger partial charge is 0.454 e. The highest BCUT2D eigenvalue weighted by atomic mass is 16.7. The number of benzene rings is 1. The number of nitrogens with zero attached hydrogens (tertiary/aromatic N) is 1. The molecule has 1 unspecified atom stereocenters. The SMILES string of the molecule is CO[C@@H]1C=C[C@@]23CCN([C@H]2C1)[C@@H](O)c1cc2c(cc13)OCO2. The van der Waals surface area contributed by atoms with E-state index in [4.69, 9.17) is 14.2 Å². The van der Waals surface area contributed by atoms with Crippen LogP contribution in [0.15, 0.2) is 24.3 Å². The van der Waals surface area contributed by atoms with Crippen molar-refractivity contribution in [2.24, 2.45) is 0 Å². The Hall–Kier alpha value is -1.56. The van der Waals surface area contributed by atoms with Crippen LogP contribution in [0.3, 0.4) is 0 Å². The fourth-order valence-corrected chi connectivity index (χ4v) is 4.67. The summed E-state index contributed by atoms with van der Waals surface area (Å²) in [7, 11) is 1.75. The lowest BCUT2D eigenvalue weighted by Crippen LogP contribution is -2.51. The van der Waals surface area contributed by atoms with Crippen molar-refractivity contribution in [3.63, 3.8) is 0 Å². The van der Waals surface area contributed by atoms with Crippen molar-refractivity contribution >= 4 is 0 Å². The van der Waals surface area contributed by atoms with Crippen molar-refractivity contribution in [1.82, 2.24) is 4.90 Å². The van der Waals surface area contributed by atoms with Crippen molar-refractivity contribution in [3.8, 4) is 11.5 Å². The lowest BCUT2D eigenvalue weighted by Gasteiger charge is -2.47. The number of methoxy groups -OCH3 is 1. The second-order valence-corrected chi connectivity index (χ2v) is 6.58. The predicted octanol–water partition coefficient (Wildman–Crippen LogP) is 1.71. The molecule has 22 heavy (non-hydrogen) atoms. The molecule has 4 aliphatic rings. The van der Waals surface area contributed by atoms with Crippen LogP contribution in [-0.4, -0.2) is 42.6 Å². The van der Waals surface area contributed by atoms with Gasteiger partial charge < -0.3 is 19.3 Å². The van der Waals surface area contributed by atoms with Gasteiger partial charge in [-0.1, -0.05) is 12.2 Å². The monoisotopic (exact) mass is 301 g/mol. The summed E-state index contributed by atoms with van der Waals surface area (Å²) < 4.78 is 16.6. The Kier molecular flexibility index (Phi) is 2.50. The Morgan fingerprint density at radius 2 is 2.14 bits per heavy atom. The van der Waals surface area contributed by atoms with E-state index in [1.165, 1.54) is 5.56 Å². The first kappa shape index (κ1) is 12.9. The molecule has 1 saturated heterocycles. The predicted molar refractivity (Wildman–Crippen MR) is 78.9 cm³/mol. The van der Waals surface area contributed by atoms with Gasteiger partial charge in [0.1, 0.15) is 6.23 Å². The third kappa shape index (κ3) is 1.44. The molecule has 1 aromatic rings. The highest BCUT2D eigenvalue weighted by Crippen LogP contribution is 2.56. The molecular formula is C17H19NO4. The molecule has 5 rings (SSSR count). The van der Waals surface area contributed by atoms with Gasteiger partial charge in [-0.2, -0.15) is 0 Å². The molecule has 116 valence electrons. The van der Waals surface area contributed by atoms with E-state index in [-0.39, 0.29) is 24.4 Å². The van der Waals surface area contributed by atoms with Crippen molar-refractivity contribution in [2.45, 2.75) is 36.6 Å². The minimum Gasteiger partial charge on any atom is -0.454 e. The van der Waals surface area contributed by atoms with Gasteiger partial charge in [0.25, 0.3) is 0 Å². The Labute approximate surface area is 129 Å². The molecule has 1 N–H and O–H groups in total. The maximum absolute atomic E-state index is 10.8. The van der Waals surface area contributed by atoms with Gasteiger partial charge in [-0.25, -0.2) is 0 Å². The first-order valence-electron chi connectivity index (χ1n) is 7.83. The Morgan fingerprint density at radius 1 is 1.32 bits per heavy atom. The molecule has 3 aliphatic heterocycles. The molecule has 1 aromatic carbocycles. The summed E-state index contributed by atoms with van der Waals surface area (Å²) in [6.07, 6.45) is 5.95. The van der Waals surface area contributed by atoms with Gasteiger partial charge >= 0.3 is 0 Å². The van der Waals surface area contributed by atoms with Crippen LogP contribution >= 0.6 is 0 Å². The van der Waals surface area contributed by atoms with E-state index in [2.05, 4.69) is 23.1 Å².